The van der Waals surface area contributed by atoms with Gasteiger partial charge in [-0.05, 0) is 25.1 Å². The summed E-state index contributed by atoms with van der Waals surface area (Å²) in [6.45, 7) is 6.34. The molecule has 0 amide bonds. The maximum absolute atomic E-state index is 8.82. The van der Waals surface area contributed by atoms with E-state index in [1.165, 1.54) is 0 Å². The van der Waals surface area contributed by atoms with Gasteiger partial charge in [0, 0.05) is 11.6 Å². The predicted molar refractivity (Wildman–Crippen MR) is 59.5 cm³/mol. The van der Waals surface area contributed by atoms with E-state index in [2.05, 4.69) is 18.0 Å². The number of halogens is 1. The molecule has 0 saturated heterocycles. The Morgan fingerprint density at radius 3 is 2.93 bits per heavy atom. The molecule has 0 aromatic heterocycles. The number of nitrogens with zero attached hydrogens (tertiary/aromatic N) is 1. The standard InChI is InChI=1S/C11H11ClN2/c1-8(2)7-14-11-5-10(12)4-3-9(11)6-13/h3-5,14H,1,7H2,2H3. The van der Waals surface area contributed by atoms with Crippen LogP contribution in [0, 0.1) is 11.3 Å². The molecule has 0 heterocycles. The van der Waals surface area contributed by atoms with Crippen molar-refractivity contribution in [1.82, 2.24) is 0 Å². The first-order chi connectivity index (χ1) is 6.63. The molecular formula is C11H11ClN2. The number of benzene rings is 1. The molecule has 3 heteroatoms. The zero-order valence-corrected chi connectivity index (χ0v) is 8.73. The second kappa shape index (κ2) is 4.69. The van der Waals surface area contributed by atoms with Crippen LogP contribution in [0.1, 0.15) is 12.5 Å². The summed E-state index contributed by atoms with van der Waals surface area (Å²) in [6, 6.07) is 7.23. The normalized spacial score (nSPS) is 9.21. The first kappa shape index (κ1) is 10.6. The van der Waals surface area contributed by atoms with E-state index >= 15 is 0 Å². The summed E-state index contributed by atoms with van der Waals surface area (Å²) in [7, 11) is 0. The molecule has 1 aromatic rings. The molecule has 0 radical (unpaired) electrons. The van der Waals surface area contributed by atoms with Crippen molar-refractivity contribution in [3.05, 3.63) is 40.9 Å². The van der Waals surface area contributed by atoms with E-state index < -0.39 is 0 Å². The smallest absolute Gasteiger partial charge is 0.101 e. The number of nitrogens with one attached hydrogen (secondary N) is 1. The number of hydrogen-bond donors (Lipinski definition) is 1. The maximum Gasteiger partial charge on any atom is 0.101 e. The maximum atomic E-state index is 8.82. The van der Waals surface area contributed by atoms with Crippen LogP contribution in [-0.2, 0) is 0 Å². The van der Waals surface area contributed by atoms with Gasteiger partial charge in [-0.15, -0.1) is 0 Å². The van der Waals surface area contributed by atoms with Crippen LogP contribution in [0.15, 0.2) is 30.4 Å². The third-order valence-electron chi connectivity index (χ3n) is 1.68. The summed E-state index contributed by atoms with van der Waals surface area (Å²) < 4.78 is 0. The molecule has 0 bridgehead atoms. The highest BCUT2D eigenvalue weighted by molar-refractivity contribution is 6.30. The second-order valence-electron chi connectivity index (χ2n) is 3.11. The zero-order chi connectivity index (χ0) is 10.6. The van der Waals surface area contributed by atoms with Crippen LogP contribution in [0.25, 0.3) is 0 Å². The Hall–Kier alpha value is -1.46. The van der Waals surface area contributed by atoms with Crippen LogP contribution >= 0.6 is 11.6 Å². The molecule has 72 valence electrons. The Kier molecular flexibility index (Phi) is 3.55. The van der Waals surface area contributed by atoms with Crippen molar-refractivity contribution in [3.63, 3.8) is 0 Å². The van der Waals surface area contributed by atoms with Gasteiger partial charge in [-0.3, -0.25) is 0 Å². The van der Waals surface area contributed by atoms with Crippen LogP contribution < -0.4 is 5.32 Å². The van der Waals surface area contributed by atoms with Crippen LogP contribution in [0.2, 0.25) is 5.02 Å². The zero-order valence-electron chi connectivity index (χ0n) is 7.97. The second-order valence-corrected chi connectivity index (χ2v) is 3.55. The van der Waals surface area contributed by atoms with Crippen molar-refractivity contribution in [1.29, 1.82) is 5.26 Å². The lowest BCUT2D eigenvalue weighted by Crippen LogP contribution is -2.03. The quantitative estimate of drug-likeness (QED) is 0.771. The van der Waals surface area contributed by atoms with Gasteiger partial charge in [-0.2, -0.15) is 5.26 Å². The molecule has 0 saturated carbocycles. The molecule has 2 nitrogen and oxygen atoms in total. The van der Waals surface area contributed by atoms with Crippen molar-refractivity contribution in [2.75, 3.05) is 11.9 Å². The van der Waals surface area contributed by atoms with Crippen LogP contribution in [-0.4, -0.2) is 6.54 Å². The SMILES string of the molecule is C=C(C)CNc1cc(Cl)ccc1C#N. The van der Waals surface area contributed by atoms with Crippen molar-refractivity contribution >= 4 is 17.3 Å². The summed E-state index contributed by atoms with van der Waals surface area (Å²) in [5.74, 6) is 0. The Morgan fingerprint density at radius 1 is 1.64 bits per heavy atom. The van der Waals surface area contributed by atoms with E-state index in [4.69, 9.17) is 16.9 Å². The average molecular weight is 207 g/mol. The Labute approximate surface area is 88.8 Å². The van der Waals surface area contributed by atoms with E-state index in [0.29, 0.717) is 17.1 Å². The minimum Gasteiger partial charge on any atom is -0.380 e. The summed E-state index contributed by atoms with van der Waals surface area (Å²) >= 11 is 5.82. The Bertz CT molecular complexity index is 391. The van der Waals surface area contributed by atoms with E-state index in [9.17, 15) is 0 Å². The van der Waals surface area contributed by atoms with E-state index in [1.54, 1.807) is 18.2 Å². The summed E-state index contributed by atoms with van der Waals surface area (Å²) in [5, 5.41) is 12.5. The molecule has 0 aliphatic heterocycles. The Morgan fingerprint density at radius 2 is 2.36 bits per heavy atom. The fraction of sp³-hybridized carbons (Fsp3) is 0.182. The molecule has 0 unspecified atom stereocenters. The largest absolute Gasteiger partial charge is 0.380 e. The molecule has 1 N–H and O–H groups in total. The van der Waals surface area contributed by atoms with Crippen LogP contribution in [0.4, 0.5) is 5.69 Å². The van der Waals surface area contributed by atoms with Gasteiger partial charge in [-0.25, -0.2) is 0 Å². The lowest BCUT2D eigenvalue weighted by molar-refractivity contribution is 1.21. The lowest BCUT2D eigenvalue weighted by Gasteiger charge is -2.07. The third-order valence-corrected chi connectivity index (χ3v) is 1.92. The predicted octanol–water partition coefficient (Wildman–Crippen LogP) is 3.20. The molecule has 1 aromatic carbocycles. The number of anilines is 1. The highest BCUT2D eigenvalue weighted by atomic mass is 35.5. The molecule has 0 spiro atoms. The average Bonchev–Trinajstić information content (AvgIpc) is 2.15. The van der Waals surface area contributed by atoms with Crippen molar-refractivity contribution in [3.8, 4) is 6.07 Å². The minimum absolute atomic E-state index is 0.593. The van der Waals surface area contributed by atoms with Crippen molar-refractivity contribution in [2.45, 2.75) is 6.92 Å². The van der Waals surface area contributed by atoms with Gasteiger partial charge in [0.1, 0.15) is 6.07 Å². The summed E-state index contributed by atoms with van der Waals surface area (Å²) in [6.07, 6.45) is 0. The van der Waals surface area contributed by atoms with Gasteiger partial charge in [0.2, 0.25) is 0 Å². The Balaban J connectivity index is 2.89. The summed E-state index contributed by atoms with van der Waals surface area (Å²) in [4.78, 5) is 0. The van der Waals surface area contributed by atoms with Crippen LogP contribution in [0.3, 0.4) is 0 Å². The van der Waals surface area contributed by atoms with E-state index in [-0.39, 0.29) is 0 Å². The molecule has 0 fully saturated rings. The van der Waals surface area contributed by atoms with Gasteiger partial charge in [0.05, 0.1) is 11.3 Å². The molecule has 14 heavy (non-hydrogen) atoms. The van der Waals surface area contributed by atoms with Gasteiger partial charge >= 0.3 is 0 Å². The molecule has 0 aliphatic rings. The third kappa shape index (κ3) is 2.79. The fourth-order valence-corrected chi connectivity index (χ4v) is 1.18. The van der Waals surface area contributed by atoms with E-state index in [0.717, 1.165) is 11.3 Å². The fourth-order valence-electron chi connectivity index (χ4n) is 1.01. The van der Waals surface area contributed by atoms with Gasteiger partial charge in [0.25, 0.3) is 0 Å². The van der Waals surface area contributed by atoms with Crippen LogP contribution in [0.5, 0.6) is 0 Å². The minimum atomic E-state index is 0.593. The molecule has 0 aliphatic carbocycles. The van der Waals surface area contributed by atoms with Crippen molar-refractivity contribution in [2.24, 2.45) is 0 Å². The number of rotatable bonds is 3. The van der Waals surface area contributed by atoms with Crippen molar-refractivity contribution < 1.29 is 0 Å². The first-order valence-corrected chi connectivity index (χ1v) is 4.59. The van der Waals surface area contributed by atoms with Gasteiger partial charge in [0.15, 0.2) is 0 Å². The highest BCUT2D eigenvalue weighted by Gasteiger charge is 2.01. The molecule has 1 rings (SSSR count). The topological polar surface area (TPSA) is 35.8 Å². The summed E-state index contributed by atoms with van der Waals surface area (Å²) in [5.41, 5.74) is 2.35. The first-order valence-electron chi connectivity index (χ1n) is 4.21. The lowest BCUT2D eigenvalue weighted by atomic mass is 10.2. The monoisotopic (exact) mass is 206 g/mol. The highest BCUT2D eigenvalue weighted by Crippen LogP contribution is 2.20. The van der Waals surface area contributed by atoms with E-state index in [1.807, 2.05) is 6.92 Å². The molecule has 0 atom stereocenters. The number of hydrogen-bond acceptors (Lipinski definition) is 2. The van der Waals surface area contributed by atoms with Gasteiger partial charge < -0.3 is 5.32 Å². The molecular weight excluding hydrogens is 196 g/mol. The van der Waals surface area contributed by atoms with Gasteiger partial charge in [-0.1, -0.05) is 23.8 Å². The number of nitriles is 1.